The molecule has 1 heterocycles. The van der Waals surface area contributed by atoms with Crippen LogP contribution in [0.1, 0.15) is 5.56 Å². The van der Waals surface area contributed by atoms with Crippen LogP contribution in [-0.2, 0) is 0 Å². The topological polar surface area (TPSA) is 61.3 Å². The van der Waals surface area contributed by atoms with Gasteiger partial charge in [0.15, 0.2) is 5.58 Å². The normalized spacial score (nSPS) is 10.7. The van der Waals surface area contributed by atoms with E-state index in [1.807, 2.05) is 37.3 Å². The molecule has 0 atom stereocenters. The average molecular weight is 240 g/mol. The maximum Gasteiger partial charge on any atom is 0.400 e. The molecular formula is C14H12N2O2. The number of nitrogen functional groups attached to an aromatic ring is 1. The van der Waals surface area contributed by atoms with Gasteiger partial charge in [0.05, 0.1) is 0 Å². The van der Waals surface area contributed by atoms with Crippen molar-refractivity contribution in [1.29, 1.82) is 0 Å². The standard InChI is InChI=1S/C14H12N2O2/c1-9-8-10(15)6-7-12(9)17-14-16-11-4-2-3-5-13(11)18-14/h2-8H,15H2,1H3. The third kappa shape index (κ3) is 1.88. The third-order valence-corrected chi connectivity index (χ3v) is 2.67. The van der Waals surface area contributed by atoms with Gasteiger partial charge in [-0.25, -0.2) is 0 Å². The molecule has 0 spiro atoms. The summed E-state index contributed by atoms with van der Waals surface area (Å²) in [7, 11) is 0. The number of nitrogens with two attached hydrogens (primary N) is 1. The molecule has 1 aromatic heterocycles. The number of oxazole rings is 1. The van der Waals surface area contributed by atoms with Crippen LogP contribution < -0.4 is 10.5 Å². The first-order valence-electron chi connectivity index (χ1n) is 5.62. The average Bonchev–Trinajstić information content (AvgIpc) is 2.75. The number of anilines is 1. The number of fused-ring (bicyclic) bond motifs is 1. The van der Waals surface area contributed by atoms with Crippen molar-refractivity contribution in [3.05, 3.63) is 48.0 Å². The highest BCUT2D eigenvalue weighted by Gasteiger charge is 2.08. The second-order valence-electron chi connectivity index (χ2n) is 4.07. The molecule has 4 heteroatoms. The Hall–Kier alpha value is -2.49. The molecule has 0 amide bonds. The van der Waals surface area contributed by atoms with Crippen LogP contribution in [0.5, 0.6) is 11.8 Å². The van der Waals surface area contributed by atoms with Gasteiger partial charge in [-0.15, -0.1) is 0 Å². The van der Waals surface area contributed by atoms with Crippen LogP contribution in [0.4, 0.5) is 5.69 Å². The Morgan fingerprint density at radius 2 is 2.00 bits per heavy atom. The molecule has 2 aromatic carbocycles. The lowest BCUT2D eigenvalue weighted by molar-refractivity contribution is 0.341. The zero-order valence-corrected chi connectivity index (χ0v) is 9.88. The van der Waals surface area contributed by atoms with Gasteiger partial charge in [0, 0.05) is 5.69 Å². The molecule has 0 bridgehead atoms. The summed E-state index contributed by atoms with van der Waals surface area (Å²) in [5.74, 6) is 0.691. The monoisotopic (exact) mass is 240 g/mol. The van der Waals surface area contributed by atoms with Crippen LogP contribution in [0.3, 0.4) is 0 Å². The van der Waals surface area contributed by atoms with Crippen LogP contribution in [-0.4, -0.2) is 4.98 Å². The smallest absolute Gasteiger partial charge is 0.400 e. The lowest BCUT2D eigenvalue weighted by Gasteiger charge is -2.04. The van der Waals surface area contributed by atoms with Crippen molar-refractivity contribution >= 4 is 16.8 Å². The third-order valence-electron chi connectivity index (χ3n) is 2.67. The van der Waals surface area contributed by atoms with E-state index in [1.54, 1.807) is 12.1 Å². The van der Waals surface area contributed by atoms with Crippen molar-refractivity contribution in [2.75, 3.05) is 5.73 Å². The highest BCUT2D eigenvalue weighted by molar-refractivity contribution is 5.72. The molecule has 2 N–H and O–H groups in total. The maximum absolute atomic E-state index is 5.69. The quantitative estimate of drug-likeness (QED) is 0.696. The molecule has 0 radical (unpaired) electrons. The van der Waals surface area contributed by atoms with Crippen molar-refractivity contribution in [2.24, 2.45) is 0 Å². The van der Waals surface area contributed by atoms with Crippen LogP contribution in [0.15, 0.2) is 46.9 Å². The van der Waals surface area contributed by atoms with Crippen molar-refractivity contribution in [1.82, 2.24) is 4.98 Å². The van der Waals surface area contributed by atoms with Crippen molar-refractivity contribution in [3.8, 4) is 11.8 Å². The van der Waals surface area contributed by atoms with E-state index in [9.17, 15) is 0 Å². The highest BCUT2D eigenvalue weighted by atomic mass is 16.6. The summed E-state index contributed by atoms with van der Waals surface area (Å²) >= 11 is 0. The van der Waals surface area contributed by atoms with E-state index in [2.05, 4.69) is 4.98 Å². The van der Waals surface area contributed by atoms with Gasteiger partial charge in [0.1, 0.15) is 11.3 Å². The summed E-state index contributed by atoms with van der Waals surface area (Å²) in [6.07, 6.45) is 0.240. The minimum atomic E-state index is 0.240. The summed E-state index contributed by atoms with van der Waals surface area (Å²) in [5.41, 5.74) is 8.82. The number of para-hydroxylation sites is 2. The summed E-state index contributed by atoms with van der Waals surface area (Å²) in [5, 5.41) is 0. The number of benzene rings is 2. The summed E-state index contributed by atoms with van der Waals surface area (Å²) in [6, 6.07) is 13.0. The number of aromatic nitrogens is 1. The highest BCUT2D eigenvalue weighted by Crippen LogP contribution is 2.28. The van der Waals surface area contributed by atoms with Gasteiger partial charge >= 0.3 is 6.08 Å². The zero-order chi connectivity index (χ0) is 12.5. The predicted molar refractivity (Wildman–Crippen MR) is 69.7 cm³/mol. The first-order chi connectivity index (χ1) is 8.72. The second-order valence-corrected chi connectivity index (χ2v) is 4.07. The van der Waals surface area contributed by atoms with Crippen LogP contribution >= 0.6 is 0 Å². The van der Waals surface area contributed by atoms with E-state index in [0.29, 0.717) is 17.0 Å². The number of nitrogens with zero attached hydrogens (tertiary/aromatic N) is 1. The number of ether oxygens (including phenoxy) is 1. The van der Waals surface area contributed by atoms with Crippen LogP contribution in [0.2, 0.25) is 0 Å². The molecular weight excluding hydrogens is 228 g/mol. The number of rotatable bonds is 2. The fourth-order valence-electron chi connectivity index (χ4n) is 1.78. The van der Waals surface area contributed by atoms with E-state index in [-0.39, 0.29) is 6.08 Å². The first kappa shape index (κ1) is 10.7. The van der Waals surface area contributed by atoms with Gasteiger partial charge in [-0.05, 0) is 42.8 Å². The number of hydrogen-bond donors (Lipinski definition) is 1. The van der Waals surface area contributed by atoms with Gasteiger partial charge in [-0.1, -0.05) is 12.1 Å². The molecule has 0 aliphatic carbocycles. The van der Waals surface area contributed by atoms with Gasteiger partial charge in [0.2, 0.25) is 0 Å². The van der Waals surface area contributed by atoms with Gasteiger partial charge in [0.25, 0.3) is 0 Å². The first-order valence-corrected chi connectivity index (χ1v) is 5.62. The molecule has 18 heavy (non-hydrogen) atoms. The number of aryl methyl sites for hydroxylation is 1. The van der Waals surface area contributed by atoms with Crippen LogP contribution in [0, 0.1) is 6.92 Å². The molecule has 0 saturated heterocycles. The summed E-state index contributed by atoms with van der Waals surface area (Å²) < 4.78 is 11.1. The van der Waals surface area contributed by atoms with E-state index < -0.39 is 0 Å². The van der Waals surface area contributed by atoms with E-state index in [4.69, 9.17) is 14.9 Å². The molecule has 3 rings (SSSR count). The molecule has 90 valence electrons. The molecule has 0 aliphatic heterocycles. The van der Waals surface area contributed by atoms with E-state index in [0.717, 1.165) is 11.1 Å². The molecule has 0 saturated carbocycles. The Labute approximate surface area is 104 Å². The summed E-state index contributed by atoms with van der Waals surface area (Å²) in [4.78, 5) is 4.25. The number of hydrogen-bond acceptors (Lipinski definition) is 4. The van der Waals surface area contributed by atoms with Crippen molar-refractivity contribution < 1.29 is 9.15 Å². The predicted octanol–water partition coefficient (Wildman–Crippen LogP) is 3.51. The van der Waals surface area contributed by atoms with Crippen molar-refractivity contribution in [3.63, 3.8) is 0 Å². The molecule has 3 aromatic rings. The van der Waals surface area contributed by atoms with E-state index >= 15 is 0 Å². The van der Waals surface area contributed by atoms with Gasteiger partial charge in [-0.2, -0.15) is 4.98 Å². The Balaban J connectivity index is 1.96. The lowest BCUT2D eigenvalue weighted by atomic mass is 10.2. The van der Waals surface area contributed by atoms with E-state index in [1.165, 1.54) is 0 Å². The fourth-order valence-corrected chi connectivity index (χ4v) is 1.78. The SMILES string of the molecule is Cc1cc(N)ccc1Oc1nc2ccccc2o1. The maximum atomic E-state index is 5.69. The molecule has 0 fully saturated rings. The second kappa shape index (κ2) is 4.07. The molecule has 4 nitrogen and oxygen atoms in total. The van der Waals surface area contributed by atoms with Gasteiger partial charge < -0.3 is 14.9 Å². The Bertz CT molecular complexity index is 671. The lowest BCUT2D eigenvalue weighted by Crippen LogP contribution is -1.90. The van der Waals surface area contributed by atoms with Crippen LogP contribution in [0.25, 0.3) is 11.1 Å². The van der Waals surface area contributed by atoms with Crippen molar-refractivity contribution in [2.45, 2.75) is 6.92 Å². The Kier molecular flexibility index (Phi) is 2.41. The van der Waals surface area contributed by atoms with Gasteiger partial charge in [-0.3, -0.25) is 0 Å². The Morgan fingerprint density at radius 1 is 1.17 bits per heavy atom. The molecule has 0 aliphatic rings. The fraction of sp³-hybridized carbons (Fsp3) is 0.0714. The Morgan fingerprint density at radius 3 is 2.78 bits per heavy atom. The largest absolute Gasteiger partial charge is 0.411 e. The minimum absolute atomic E-state index is 0.240. The summed E-state index contributed by atoms with van der Waals surface area (Å²) in [6.45, 7) is 1.92. The minimum Gasteiger partial charge on any atom is -0.411 e. The zero-order valence-electron chi connectivity index (χ0n) is 9.88. The molecule has 0 unspecified atom stereocenters.